The van der Waals surface area contributed by atoms with E-state index < -0.39 is 41.6 Å². The summed E-state index contributed by atoms with van der Waals surface area (Å²) in [5.41, 5.74) is 0.734. The Kier molecular flexibility index (Phi) is 10.8. The Morgan fingerprint density at radius 1 is 1.12 bits per heavy atom. The Morgan fingerprint density at radius 2 is 1.76 bits per heavy atom. The molecule has 9 nitrogen and oxygen atoms in total. The number of aryl methyl sites for hydroxylation is 1. The molecule has 0 aliphatic heterocycles. The third kappa shape index (κ3) is 9.11. The van der Waals surface area contributed by atoms with Crippen LogP contribution in [0.4, 0.5) is 4.79 Å². The molecule has 1 rings (SSSR count). The molecule has 0 radical (unpaired) electrons. The van der Waals surface area contributed by atoms with Gasteiger partial charge in [0.25, 0.3) is 0 Å². The number of rotatable bonds is 10. The van der Waals surface area contributed by atoms with Crippen molar-refractivity contribution in [1.82, 2.24) is 15.5 Å². The third-order valence-electron chi connectivity index (χ3n) is 4.82. The lowest BCUT2D eigenvalue weighted by molar-refractivity contribution is -0.144. The number of hydrogen-bond acceptors (Lipinski definition) is 6. The maximum absolute atomic E-state index is 13.5. The summed E-state index contributed by atoms with van der Waals surface area (Å²) >= 11 is 0. The summed E-state index contributed by atoms with van der Waals surface area (Å²) in [5, 5.41) is 5.12. The number of amides is 3. The first-order chi connectivity index (χ1) is 15.4. The van der Waals surface area contributed by atoms with E-state index in [0.717, 1.165) is 12.0 Å². The van der Waals surface area contributed by atoms with Crippen molar-refractivity contribution in [2.75, 3.05) is 20.2 Å². The molecule has 0 heterocycles. The second kappa shape index (κ2) is 12.8. The van der Waals surface area contributed by atoms with Crippen molar-refractivity contribution in [1.29, 1.82) is 0 Å². The van der Waals surface area contributed by atoms with Gasteiger partial charge in [-0.25, -0.2) is 4.79 Å². The molecular formula is C24H37N3O6. The van der Waals surface area contributed by atoms with Crippen LogP contribution in [-0.4, -0.2) is 60.6 Å². The molecule has 0 saturated heterocycles. The summed E-state index contributed by atoms with van der Waals surface area (Å²) in [6.45, 7) is 10.5. The fraction of sp³-hybridized carbons (Fsp3) is 0.583. The van der Waals surface area contributed by atoms with Crippen molar-refractivity contribution in [3.63, 3.8) is 0 Å². The Hall–Kier alpha value is -3.10. The maximum atomic E-state index is 13.5. The number of alkyl carbamates (subject to hydrolysis) is 1. The van der Waals surface area contributed by atoms with Crippen LogP contribution < -0.4 is 10.6 Å². The number of methoxy groups -OCH3 is 1. The summed E-state index contributed by atoms with van der Waals surface area (Å²) in [6.07, 6.45) is 0.723. The van der Waals surface area contributed by atoms with Gasteiger partial charge in [-0.2, -0.15) is 0 Å². The molecule has 0 bridgehead atoms. The zero-order valence-corrected chi connectivity index (χ0v) is 20.7. The molecule has 2 atom stereocenters. The first-order valence-corrected chi connectivity index (χ1v) is 11.1. The van der Waals surface area contributed by atoms with Crippen molar-refractivity contribution >= 4 is 23.9 Å². The maximum Gasteiger partial charge on any atom is 0.408 e. The smallest absolute Gasteiger partial charge is 0.408 e. The lowest BCUT2D eigenvalue weighted by atomic mass is 9.98. The average molecular weight is 464 g/mol. The van der Waals surface area contributed by atoms with Crippen molar-refractivity contribution in [3.8, 4) is 0 Å². The molecule has 1 aromatic rings. The highest BCUT2D eigenvalue weighted by Gasteiger charge is 2.35. The topological polar surface area (TPSA) is 114 Å². The second-order valence-corrected chi connectivity index (χ2v) is 8.81. The van der Waals surface area contributed by atoms with E-state index >= 15 is 0 Å². The Morgan fingerprint density at radius 3 is 2.30 bits per heavy atom. The molecule has 2 N–H and O–H groups in total. The highest BCUT2D eigenvalue weighted by molar-refractivity contribution is 5.93. The zero-order valence-electron chi connectivity index (χ0n) is 20.7. The monoisotopic (exact) mass is 463 g/mol. The minimum Gasteiger partial charge on any atom is -0.468 e. The van der Waals surface area contributed by atoms with E-state index in [1.807, 2.05) is 26.0 Å². The highest BCUT2D eigenvalue weighted by Crippen LogP contribution is 2.26. The molecule has 1 aromatic carbocycles. The van der Waals surface area contributed by atoms with Crippen LogP contribution in [0, 0.1) is 6.92 Å². The van der Waals surface area contributed by atoms with Gasteiger partial charge in [-0.1, -0.05) is 37.6 Å². The summed E-state index contributed by atoms with van der Waals surface area (Å²) in [6, 6.07) is 5.33. The van der Waals surface area contributed by atoms with Crippen LogP contribution in [-0.2, 0) is 23.9 Å². The predicted octanol–water partition coefficient (Wildman–Crippen LogP) is 2.87. The van der Waals surface area contributed by atoms with E-state index in [9.17, 15) is 19.2 Å². The molecule has 0 fully saturated rings. The average Bonchev–Trinajstić information content (AvgIpc) is 2.73. The van der Waals surface area contributed by atoms with E-state index in [4.69, 9.17) is 4.74 Å². The lowest BCUT2D eigenvalue weighted by Gasteiger charge is -2.34. The van der Waals surface area contributed by atoms with Gasteiger partial charge in [0.2, 0.25) is 11.8 Å². The summed E-state index contributed by atoms with van der Waals surface area (Å²) in [7, 11) is 1.23. The quantitative estimate of drug-likeness (QED) is 0.516. The Labute approximate surface area is 196 Å². The normalized spacial score (nSPS) is 12.8. The molecule has 0 aliphatic rings. The van der Waals surface area contributed by atoms with E-state index in [1.54, 1.807) is 39.8 Å². The van der Waals surface area contributed by atoms with E-state index in [-0.39, 0.29) is 6.54 Å². The van der Waals surface area contributed by atoms with Crippen molar-refractivity contribution < 1.29 is 28.7 Å². The Balaban J connectivity index is 3.28. The van der Waals surface area contributed by atoms with E-state index in [2.05, 4.69) is 15.4 Å². The molecule has 33 heavy (non-hydrogen) atoms. The van der Waals surface area contributed by atoms with E-state index in [0.29, 0.717) is 18.5 Å². The number of nitrogens with one attached hydrogen (secondary N) is 2. The molecule has 184 valence electrons. The van der Waals surface area contributed by atoms with E-state index in [1.165, 1.54) is 12.0 Å². The molecule has 0 aromatic heterocycles. The van der Waals surface area contributed by atoms with Crippen molar-refractivity contribution in [2.45, 2.75) is 72.1 Å². The van der Waals surface area contributed by atoms with Gasteiger partial charge in [0.1, 0.15) is 24.2 Å². The molecule has 2 unspecified atom stereocenters. The standard InChI is InChI=1S/C24H37N3O6/c1-8-9-14-27(22(30)17(3)26-23(31)33-24(4,5)6)20(18-13-11-10-12-16(18)2)21(29)25-15-19(28)32-7/h10-13,17,20H,8-9,14-15H2,1-7H3,(H,25,29)(H,26,31). The van der Waals surface area contributed by atoms with Gasteiger partial charge in [0.15, 0.2) is 0 Å². The number of esters is 1. The number of ether oxygens (including phenoxy) is 2. The fourth-order valence-corrected chi connectivity index (χ4v) is 3.16. The van der Waals surface area contributed by atoms with Crippen LogP contribution in [0.2, 0.25) is 0 Å². The first kappa shape index (κ1) is 27.9. The van der Waals surface area contributed by atoms with Crippen LogP contribution >= 0.6 is 0 Å². The molecule has 0 saturated carbocycles. The van der Waals surface area contributed by atoms with Crippen molar-refractivity contribution in [3.05, 3.63) is 35.4 Å². The molecule has 3 amide bonds. The molecule has 9 heteroatoms. The van der Waals surface area contributed by atoms with Crippen LogP contribution in [0.15, 0.2) is 24.3 Å². The first-order valence-electron chi connectivity index (χ1n) is 11.1. The molecule has 0 spiro atoms. The summed E-state index contributed by atoms with van der Waals surface area (Å²) < 4.78 is 9.87. The zero-order chi connectivity index (χ0) is 25.2. The van der Waals surface area contributed by atoms with Crippen LogP contribution in [0.25, 0.3) is 0 Å². The minimum absolute atomic E-state index is 0.292. The number of carbonyl (C=O) groups is 4. The SMILES string of the molecule is CCCCN(C(=O)C(C)NC(=O)OC(C)(C)C)C(C(=O)NCC(=O)OC)c1ccccc1C. The van der Waals surface area contributed by atoms with Gasteiger partial charge in [-0.3, -0.25) is 14.4 Å². The van der Waals surface area contributed by atoms with Gasteiger partial charge in [-0.05, 0) is 52.2 Å². The fourth-order valence-electron chi connectivity index (χ4n) is 3.16. The summed E-state index contributed by atoms with van der Waals surface area (Å²) in [4.78, 5) is 51.9. The highest BCUT2D eigenvalue weighted by atomic mass is 16.6. The minimum atomic E-state index is -0.988. The number of hydrogen-bond donors (Lipinski definition) is 2. The third-order valence-corrected chi connectivity index (χ3v) is 4.82. The van der Waals surface area contributed by atoms with Crippen LogP contribution in [0.1, 0.15) is 64.6 Å². The van der Waals surface area contributed by atoms with Gasteiger partial charge in [-0.15, -0.1) is 0 Å². The van der Waals surface area contributed by atoms with Gasteiger partial charge < -0.3 is 25.0 Å². The van der Waals surface area contributed by atoms with Crippen LogP contribution in [0.3, 0.4) is 0 Å². The second-order valence-electron chi connectivity index (χ2n) is 8.81. The van der Waals surface area contributed by atoms with Crippen molar-refractivity contribution in [2.24, 2.45) is 0 Å². The van der Waals surface area contributed by atoms with Gasteiger partial charge in [0.05, 0.1) is 7.11 Å². The largest absolute Gasteiger partial charge is 0.468 e. The number of carbonyl (C=O) groups excluding carboxylic acids is 4. The predicted molar refractivity (Wildman–Crippen MR) is 124 cm³/mol. The van der Waals surface area contributed by atoms with Gasteiger partial charge >= 0.3 is 12.1 Å². The summed E-state index contributed by atoms with van der Waals surface area (Å²) in [5.74, 6) is -1.54. The number of benzene rings is 1. The number of unbranched alkanes of at least 4 members (excludes halogenated alkanes) is 1. The molecule has 0 aliphatic carbocycles. The van der Waals surface area contributed by atoms with Gasteiger partial charge in [0, 0.05) is 6.54 Å². The number of nitrogens with zero attached hydrogens (tertiary/aromatic N) is 1. The van der Waals surface area contributed by atoms with Crippen LogP contribution in [0.5, 0.6) is 0 Å². The molecular weight excluding hydrogens is 426 g/mol. The lowest BCUT2D eigenvalue weighted by Crippen LogP contribution is -2.52. The Bertz CT molecular complexity index is 834.